The maximum atomic E-state index is 13.4. The molecular weight excluding hydrogens is 247 g/mol. The number of nitrogens with one attached hydrogen (secondary N) is 1. The predicted molar refractivity (Wildman–Crippen MR) is 68.5 cm³/mol. The third-order valence-corrected chi connectivity index (χ3v) is 3.69. The summed E-state index contributed by atoms with van der Waals surface area (Å²) in [5.41, 5.74) is 1.11. The zero-order valence-electron chi connectivity index (χ0n) is 10.6. The van der Waals surface area contributed by atoms with E-state index in [-0.39, 0.29) is 17.8 Å². The van der Waals surface area contributed by atoms with Gasteiger partial charge in [-0.1, -0.05) is 0 Å². The molecule has 1 fully saturated rings. The second kappa shape index (κ2) is 4.35. The SMILES string of the molecule is COc1ccc(F)cc1-c1cnc(C2(CO)CC2)[nH]1. The summed E-state index contributed by atoms with van der Waals surface area (Å²) in [5.74, 6) is 1.03. The van der Waals surface area contributed by atoms with Crippen molar-refractivity contribution < 1.29 is 14.2 Å². The van der Waals surface area contributed by atoms with Gasteiger partial charge in [-0.3, -0.25) is 0 Å². The molecule has 0 saturated heterocycles. The summed E-state index contributed by atoms with van der Waals surface area (Å²) in [6, 6.07) is 4.36. The highest BCUT2D eigenvalue weighted by molar-refractivity contribution is 5.67. The van der Waals surface area contributed by atoms with Crippen molar-refractivity contribution in [3.05, 3.63) is 36.0 Å². The highest BCUT2D eigenvalue weighted by Gasteiger charge is 2.46. The number of ether oxygens (including phenoxy) is 1. The average Bonchev–Trinajstić information content (AvgIpc) is 3.08. The first-order valence-electron chi connectivity index (χ1n) is 6.19. The molecule has 0 bridgehead atoms. The third kappa shape index (κ3) is 2.00. The van der Waals surface area contributed by atoms with Crippen molar-refractivity contribution in [2.75, 3.05) is 13.7 Å². The van der Waals surface area contributed by atoms with Gasteiger partial charge in [0.1, 0.15) is 17.4 Å². The van der Waals surface area contributed by atoms with E-state index in [9.17, 15) is 9.50 Å². The number of nitrogens with zero attached hydrogens (tertiary/aromatic N) is 1. The van der Waals surface area contributed by atoms with Gasteiger partial charge in [0.05, 0.1) is 31.0 Å². The number of aliphatic hydroxyl groups excluding tert-OH is 1. The number of imidazole rings is 1. The number of H-pyrrole nitrogens is 1. The number of hydrogen-bond donors (Lipinski definition) is 2. The van der Waals surface area contributed by atoms with E-state index >= 15 is 0 Å². The van der Waals surface area contributed by atoms with Crippen LogP contribution >= 0.6 is 0 Å². The summed E-state index contributed by atoms with van der Waals surface area (Å²) in [5, 5.41) is 9.39. The van der Waals surface area contributed by atoms with Crippen molar-refractivity contribution in [2.24, 2.45) is 0 Å². The molecule has 0 atom stereocenters. The highest BCUT2D eigenvalue weighted by atomic mass is 19.1. The van der Waals surface area contributed by atoms with E-state index < -0.39 is 0 Å². The lowest BCUT2D eigenvalue weighted by atomic mass is 10.1. The number of aromatic amines is 1. The zero-order valence-corrected chi connectivity index (χ0v) is 10.6. The molecule has 0 radical (unpaired) electrons. The third-order valence-electron chi connectivity index (χ3n) is 3.69. The molecular formula is C14H15FN2O2. The van der Waals surface area contributed by atoms with Gasteiger partial charge in [-0.25, -0.2) is 9.37 Å². The largest absolute Gasteiger partial charge is 0.496 e. The number of benzene rings is 1. The molecule has 1 aromatic heterocycles. The van der Waals surface area contributed by atoms with Gasteiger partial charge in [0.2, 0.25) is 0 Å². The lowest BCUT2D eigenvalue weighted by Crippen LogP contribution is -2.13. The van der Waals surface area contributed by atoms with Crippen LogP contribution in [-0.2, 0) is 5.41 Å². The molecule has 1 saturated carbocycles. The van der Waals surface area contributed by atoms with E-state index in [1.807, 2.05) is 0 Å². The van der Waals surface area contributed by atoms with Crippen molar-refractivity contribution in [2.45, 2.75) is 18.3 Å². The Hall–Kier alpha value is -1.88. The molecule has 1 heterocycles. The second-order valence-corrected chi connectivity index (χ2v) is 4.93. The monoisotopic (exact) mass is 262 g/mol. The van der Waals surface area contributed by atoms with E-state index in [1.165, 1.54) is 12.1 Å². The Morgan fingerprint density at radius 1 is 1.47 bits per heavy atom. The van der Waals surface area contributed by atoms with Gasteiger partial charge in [0.15, 0.2) is 0 Å². The van der Waals surface area contributed by atoms with E-state index in [4.69, 9.17) is 4.74 Å². The minimum atomic E-state index is -0.324. The normalized spacial score (nSPS) is 16.4. The first-order chi connectivity index (χ1) is 9.18. The number of rotatable bonds is 4. The van der Waals surface area contributed by atoms with Gasteiger partial charge in [-0.15, -0.1) is 0 Å². The Morgan fingerprint density at radius 2 is 2.26 bits per heavy atom. The fourth-order valence-corrected chi connectivity index (χ4v) is 2.24. The fraction of sp³-hybridized carbons (Fsp3) is 0.357. The van der Waals surface area contributed by atoms with E-state index in [0.717, 1.165) is 18.7 Å². The molecule has 0 aliphatic heterocycles. The minimum absolute atomic E-state index is 0.0836. The molecule has 1 aliphatic carbocycles. The van der Waals surface area contributed by atoms with Gasteiger partial charge in [-0.05, 0) is 31.0 Å². The molecule has 0 unspecified atom stereocenters. The summed E-state index contributed by atoms with van der Waals surface area (Å²) in [7, 11) is 1.55. The van der Waals surface area contributed by atoms with Crippen molar-refractivity contribution in [1.82, 2.24) is 9.97 Å². The predicted octanol–water partition coefficient (Wildman–Crippen LogP) is 2.25. The Balaban J connectivity index is 2.01. The van der Waals surface area contributed by atoms with Crippen molar-refractivity contribution in [3.8, 4) is 17.0 Å². The van der Waals surface area contributed by atoms with Crippen LogP contribution in [0, 0.1) is 5.82 Å². The minimum Gasteiger partial charge on any atom is -0.496 e. The van der Waals surface area contributed by atoms with E-state index in [0.29, 0.717) is 17.0 Å². The van der Waals surface area contributed by atoms with Crippen LogP contribution < -0.4 is 4.74 Å². The van der Waals surface area contributed by atoms with Crippen LogP contribution in [-0.4, -0.2) is 28.8 Å². The molecule has 100 valence electrons. The lowest BCUT2D eigenvalue weighted by Gasteiger charge is -2.08. The summed E-state index contributed by atoms with van der Waals surface area (Å²) < 4.78 is 18.6. The molecule has 19 heavy (non-hydrogen) atoms. The molecule has 1 aromatic carbocycles. The van der Waals surface area contributed by atoms with Crippen molar-refractivity contribution in [1.29, 1.82) is 0 Å². The number of aliphatic hydroxyl groups is 1. The smallest absolute Gasteiger partial charge is 0.128 e. The van der Waals surface area contributed by atoms with Crippen LogP contribution in [0.2, 0.25) is 0 Å². The first-order valence-corrected chi connectivity index (χ1v) is 6.19. The van der Waals surface area contributed by atoms with Gasteiger partial charge in [0, 0.05) is 5.56 Å². The Kier molecular flexibility index (Phi) is 2.78. The molecule has 0 spiro atoms. The summed E-state index contributed by atoms with van der Waals surface area (Å²) in [6.07, 6.45) is 3.51. The quantitative estimate of drug-likeness (QED) is 0.888. The van der Waals surface area contributed by atoms with E-state index in [1.54, 1.807) is 19.4 Å². The average molecular weight is 262 g/mol. The lowest BCUT2D eigenvalue weighted by molar-refractivity contribution is 0.250. The van der Waals surface area contributed by atoms with Gasteiger partial charge < -0.3 is 14.8 Å². The Labute approximate surface area is 110 Å². The summed E-state index contributed by atoms with van der Waals surface area (Å²) >= 11 is 0. The molecule has 1 aliphatic rings. The number of aromatic nitrogens is 2. The summed E-state index contributed by atoms with van der Waals surface area (Å²) in [6.45, 7) is 0.0836. The maximum Gasteiger partial charge on any atom is 0.128 e. The Bertz CT molecular complexity index is 605. The first kappa shape index (κ1) is 12.2. The molecule has 2 aromatic rings. The van der Waals surface area contributed by atoms with Gasteiger partial charge in [0.25, 0.3) is 0 Å². The van der Waals surface area contributed by atoms with E-state index in [2.05, 4.69) is 9.97 Å². The van der Waals surface area contributed by atoms with Crippen LogP contribution in [0.1, 0.15) is 18.7 Å². The fourth-order valence-electron chi connectivity index (χ4n) is 2.24. The number of methoxy groups -OCH3 is 1. The van der Waals surface area contributed by atoms with Crippen LogP contribution in [0.5, 0.6) is 5.75 Å². The molecule has 5 heteroatoms. The molecule has 4 nitrogen and oxygen atoms in total. The van der Waals surface area contributed by atoms with Crippen LogP contribution in [0.4, 0.5) is 4.39 Å². The van der Waals surface area contributed by atoms with Gasteiger partial charge >= 0.3 is 0 Å². The zero-order chi connectivity index (χ0) is 13.5. The van der Waals surface area contributed by atoms with Gasteiger partial charge in [-0.2, -0.15) is 0 Å². The van der Waals surface area contributed by atoms with Crippen molar-refractivity contribution >= 4 is 0 Å². The van der Waals surface area contributed by atoms with Crippen LogP contribution in [0.25, 0.3) is 11.3 Å². The number of hydrogen-bond acceptors (Lipinski definition) is 3. The second-order valence-electron chi connectivity index (χ2n) is 4.93. The molecule has 0 amide bonds. The maximum absolute atomic E-state index is 13.4. The number of halogens is 1. The van der Waals surface area contributed by atoms with Crippen molar-refractivity contribution in [3.63, 3.8) is 0 Å². The topological polar surface area (TPSA) is 58.1 Å². The van der Waals surface area contributed by atoms with Crippen LogP contribution in [0.3, 0.4) is 0 Å². The Morgan fingerprint density at radius 3 is 2.89 bits per heavy atom. The van der Waals surface area contributed by atoms with Crippen LogP contribution in [0.15, 0.2) is 24.4 Å². The molecule has 2 N–H and O–H groups in total. The summed E-state index contributed by atoms with van der Waals surface area (Å²) in [4.78, 5) is 7.48. The standard InChI is InChI=1S/C14H15FN2O2/c1-19-12-3-2-9(15)6-10(12)11-7-16-13(17-11)14(8-18)4-5-14/h2-3,6-7,18H,4-5,8H2,1H3,(H,16,17). The molecule has 3 rings (SSSR count). The highest BCUT2D eigenvalue weighted by Crippen LogP contribution is 2.46.